The summed E-state index contributed by atoms with van der Waals surface area (Å²) in [4.78, 5) is 44.5. The topological polar surface area (TPSA) is 149 Å². The summed E-state index contributed by atoms with van der Waals surface area (Å²) in [6.07, 6.45) is 0. The van der Waals surface area contributed by atoms with Gasteiger partial charge in [-0.3, -0.25) is 0 Å². The number of carboxylic acids is 4. The van der Waals surface area contributed by atoms with Crippen molar-refractivity contribution in [3.63, 3.8) is 0 Å². The van der Waals surface area contributed by atoms with Gasteiger partial charge in [-0.15, -0.1) is 0 Å². The lowest BCUT2D eigenvalue weighted by molar-refractivity contribution is 0.0651. The van der Waals surface area contributed by atoms with Gasteiger partial charge in [0.1, 0.15) is 0 Å². The van der Waals surface area contributed by atoms with E-state index in [1.807, 2.05) is 0 Å². The van der Waals surface area contributed by atoms with Crippen LogP contribution >= 0.6 is 0 Å². The minimum absolute atomic E-state index is 0.145. The van der Waals surface area contributed by atoms with Gasteiger partial charge in [-0.1, -0.05) is 6.07 Å². The maximum absolute atomic E-state index is 11.2. The van der Waals surface area contributed by atoms with Crippen molar-refractivity contribution in [3.8, 4) is 11.1 Å². The standard InChI is InChI=1S/C16H10O8/c17-13(18)9-3-8(4-10(5-9)14(19)20)7-1-2-11(15(21)22)12(6-7)16(23)24/h1-6H,(H,17,18)(H,19,20)(H,21,22)(H,23,24). The van der Waals surface area contributed by atoms with Crippen LogP contribution in [0.2, 0.25) is 0 Å². The van der Waals surface area contributed by atoms with Gasteiger partial charge in [-0.05, 0) is 41.5 Å². The highest BCUT2D eigenvalue weighted by Gasteiger charge is 2.18. The van der Waals surface area contributed by atoms with Crippen LogP contribution < -0.4 is 0 Å². The smallest absolute Gasteiger partial charge is 0.336 e. The second kappa shape index (κ2) is 6.21. The second-order valence-electron chi connectivity index (χ2n) is 4.78. The molecule has 122 valence electrons. The molecule has 0 amide bonds. The molecule has 0 saturated carbocycles. The molecule has 0 bridgehead atoms. The Morgan fingerprint density at radius 3 is 1.46 bits per heavy atom. The van der Waals surface area contributed by atoms with Gasteiger partial charge in [0, 0.05) is 0 Å². The summed E-state index contributed by atoms with van der Waals surface area (Å²) in [6.45, 7) is 0. The molecule has 0 aliphatic carbocycles. The van der Waals surface area contributed by atoms with E-state index in [4.69, 9.17) is 20.4 Å². The first-order chi connectivity index (χ1) is 11.2. The molecule has 8 heteroatoms. The zero-order chi connectivity index (χ0) is 18.0. The van der Waals surface area contributed by atoms with Crippen LogP contribution in [0, 0.1) is 0 Å². The summed E-state index contributed by atoms with van der Waals surface area (Å²) in [7, 11) is 0. The Balaban J connectivity index is 2.69. The average molecular weight is 330 g/mol. The van der Waals surface area contributed by atoms with Crippen LogP contribution in [0.15, 0.2) is 36.4 Å². The fourth-order valence-corrected chi connectivity index (χ4v) is 2.13. The third kappa shape index (κ3) is 3.22. The van der Waals surface area contributed by atoms with Crippen molar-refractivity contribution in [2.24, 2.45) is 0 Å². The van der Waals surface area contributed by atoms with E-state index in [9.17, 15) is 19.2 Å². The van der Waals surface area contributed by atoms with Crippen molar-refractivity contribution >= 4 is 23.9 Å². The lowest BCUT2D eigenvalue weighted by Crippen LogP contribution is -2.08. The van der Waals surface area contributed by atoms with E-state index in [-0.39, 0.29) is 22.3 Å². The molecular weight excluding hydrogens is 320 g/mol. The number of carbonyl (C=O) groups is 4. The van der Waals surface area contributed by atoms with Crippen molar-refractivity contribution in [2.75, 3.05) is 0 Å². The fourth-order valence-electron chi connectivity index (χ4n) is 2.13. The molecule has 2 aromatic carbocycles. The molecule has 0 fully saturated rings. The van der Waals surface area contributed by atoms with Crippen molar-refractivity contribution in [3.05, 3.63) is 58.7 Å². The van der Waals surface area contributed by atoms with E-state index in [0.717, 1.165) is 18.2 Å². The third-order valence-electron chi connectivity index (χ3n) is 3.24. The van der Waals surface area contributed by atoms with Crippen molar-refractivity contribution < 1.29 is 39.6 Å². The van der Waals surface area contributed by atoms with Crippen LogP contribution in [0.3, 0.4) is 0 Å². The molecule has 2 aromatic rings. The van der Waals surface area contributed by atoms with Crippen LogP contribution in [0.1, 0.15) is 41.4 Å². The first-order valence-corrected chi connectivity index (χ1v) is 6.43. The van der Waals surface area contributed by atoms with Crippen LogP contribution in [0.5, 0.6) is 0 Å². The maximum atomic E-state index is 11.2. The lowest BCUT2D eigenvalue weighted by atomic mass is 9.96. The van der Waals surface area contributed by atoms with E-state index in [1.165, 1.54) is 18.2 Å². The maximum Gasteiger partial charge on any atom is 0.336 e. The van der Waals surface area contributed by atoms with E-state index in [0.29, 0.717) is 0 Å². The number of hydrogen-bond donors (Lipinski definition) is 4. The van der Waals surface area contributed by atoms with Gasteiger partial charge in [-0.25, -0.2) is 19.2 Å². The highest BCUT2D eigenvalue weighted by atomic mass is 16.4. The predicted octanol–water partition coefficient (Wildman–Crippen LogP) is 2.15. The van der Waals surface area contributed by atoms with Gasteiger partial charge in [0.25, 0.3) is 0 Å². The molecule has 24 heavy (non-hydrogen) atoms. The number of aromatic carboxylic acids is 4. The Hall–Kier alpha value is -3.68. The highest BCUT2D eigenvalue weighted by molar-refractivity contribution is 6.03. The Kier molecular flexibility index (Phi) is 4.32. The largest absolute Gasteiger partial charge is 0.478 e. The van der Waals surface area contributed by atoms with E-state index in [1.54, 1.807) is 0 Å². The van der Waals surface area contributed by atoms with Crippen LogP contribution in [-0.4, -0.2) is 44.3 Å². The SMILES string of the molecule is O=C(O)c1cc(C(=O)O)cc(-c2ccc(C(=O)O)c(C(=O)O)c2)c1. The summed E-state index contributed by atoms with van der Waals surface area (Å²) >= 11 is 0. The third-order valence-corrected chi connectivity index (χ3v) is 3.24. The molecule has 0 heterocycles. The van der Waals surface area contributed by atoms with Crippen molar-refractivity contribution in [1.82, 2.24) is 0 Å². The van der Waals surface area contributed by atoms with Gasteiger partial charge in [0.05, 0.1) is 22.3 Å². The van der Waals surface area contributed by atoms with Gasteiger partial charge in [-0.2, -0.15) is 0 Å². The second-order valence-corrected chi connectivity index (χ2v) is 4.78. The summed E-state index contributed by atoms with van der Waals surface area (Å²) in [6, 6.07) is 6.72. The number of benzene rings is 2. The first kappa shape index (κ1) is 16.7. The number of carboxylic acid groups (broad SMARTS) is 4. The quantitative estimate of drug-likeness (QED) is 0.651. The molecule has 0 radical (unpaired) electrons. The van der Waals surface area contributed by atoms with Crippen LogP contribution in [0.25, 0.3) is 11.1 Å². The van der Waals surface area contributed by atoms with Gasteiger partial charge < -0.3 is 20.4 Å². The Bertz CT molecular complexity index is 849. The summed E-state index contributed by atoms with van der Waals surface area (Å²) < 4.78 is 0. The van der Waals surface area contributed by atoms with E-state index >= 15 is 0 Å². The summed E-state index contributed by atoms with van der Waals surface area (Å²) in [5, 5.41) is 36.2. The zero-order valence-corrected chi connectivity index (χ0v) is 11.9. The van der Waals surface area contributed by atoms with E-state index < -0.39 is 35.0 Å². The molecule has 0 spiro atoms. The molecule has 0 aliphatic rings. The average Bonchev–Trinajstić information content (AvgIpc) is 2.53. The van der Waals surface area contributed by atoms with Crippen molar-refractivity contribution in [2.45, 2.75) is 0 Å². The first-order valence-electron chi connectivity index (χ1n) is 6.43. The van der Waals surface area contributed by atoms with Crippen molar-refractivity contribution in [1.29, 1.82) is 0 Å². The Morgan fingerprint density at radius 2 is 1.04 bits per heavy atom. The monoisotopic (exact) mass is 330 g/mol. The van der Waals surface area contributed by atoms with Gasteiger partial charge >= 0.3 is 23.9 Å². The molecule has 0 unspecified atom stereocenters. The molecule has 2 rings (SSSR count). The predicted molar refractivity (Wildman–Crippen MR) is 79.7 cm³/mol. The Labute approximate surface area is 134 Å². The highest BCUT2D eigenvalue weighted by Crippen LogP contribution is 2.25. The number of hydrogen-bond acceptors (Lipinski definition) is 4. The molecule has 8 nitrogen and oxygen atoms in total. The zero-order valence-electron chi connectivity index (χ0n) is 11.9. The number of rotatable bonds is 5. The fraction of sp³-hybridized carbons (Fsp3) is 0. The molecule has 4 N–H and O–H groups in total. The normalized spacial score (nSPS) is 10.2. The molecule has 0 aromatic heterocycles. The Morgan fingerprint density at radius 1 is 0.542 bits per heavy atom. The lowest BCUT2D eigenvalue weighted by Gasteiger charge is -2.08. The van der Waals surface area contributed by atoms with E-state index in [2.05, 4.69) is 0 Å². The van der Waals surface area contributed by atoms with Gasteiger partial charge in [0.2, 0.25) is 0 Å². The summed E-state index contributed by atoms with van der Waals surface area (Å²) in [5.74, 6) is -5.59. The van der Waals surface area contributed by atoms with Gasteiger partial charge in [0.15, 0.2) is 0 Å². The minimum atomic E-state index is -1.47. The molecule has 0 aliphatic heterocycles. The molecular formula is C16H10O8. The minimum Gasteiger partial charge on any atom is -0.478 e. The molecule has 0 atom stereocenters. The van der Waals surface area contributed by atoms with Crippen LogP contribution in [0.4, 0.5) is 0 Å². The molecule has 0 saturated heterocycles. The summed E-state index contributed by atoms with van der Waals surface area (Å²) in [5.41, 5.74) is -1.17. The van der Waals surface area contributed by atoms with Crippen LogP contribution in [-0.2, 0) is 0 Å².